The number of unbranched alkanes of at least 4 members (excludes halogenated alkanes) is 12. The van der Waals surface area contributed by atoms with Gasteiger partial charge in [0, 0.05) is 7.11 Å². The minimum atomic E-state index is -0.138. The van der Waals surface area contributed by atoms with E-state index in [9.17, 15) is 0 Å². The van der Waals surface area contributed by atoms with Gasteiger partial charge in [-0.05, 0) is 6.04 Å². The van der Waals surface area contributed by atoms with Gasteiger partial charge in [-0.1, -0.05) is 90.4 Å². The summed E-state index contributed by atoms with van der Waals surface area (Å²) in [4.78, 5) is 0. The molecule has 110 valence electrons. The molecule has 0 rings (SSSR count). The quantitative estimate of drug-likeness (QED) is 0.293. The molecular weight excluding hydrogens is 236 g/mol. The van der Waals surface area contributed by atoms with Gasteiger partial charge in [-0.25, -0.2) is 0 Å². The highest BCUT2D eigenvalue weighted by molar-refractivity contribution is 6.26. The molecule has 0 heterocycles. The lowest BCUT2D eigenvalue weighted by Crippen LogP contribution is -1.91. The molecule has 0 N–H and O–H groups in total. The Morgan fingerprint density at radius 3 is 1.39 bits per heavy atom. The molecule has 0 radical (unpaired) electrons. The van der Waals surface area contributed by atoms with Crippen LogP contribution in [0.3, 0.4) is 0 Å². The summed E-state index contributed by atoms with van der Waals surface area (Å²) in [7, 11) is 1.72. The standard InChI is InChI=1S/C16H36OSi/c1-3-4-5-6-7-8-9-10-11-12-13-14-15-16-18-17-2/h3-16,18H2,1-2H3. The summed E-state index contributed by atoms with van der Waals surface area (Å²) in [5, 5.41) is 0. The van der Waals surface area contributed by atoms with E-state index in [1.54, 1.807) is 0 Å². The van der Waals surface area contributed by atoms with Gasteiger partial charge >= 0.3 is 0 Å². The van der Waals surface area contributed by atoms with Gasteiger partial charge in [0.15, 0.2) is 9.76 Å². The fourth-order valence-corrected chi connectivity index (χ4v) is 3.29. The summed E-state index contributed by atoms with van der Waals surface area (Å²) in [6.45, 7) is 2.29. The fourth-order valence-electron chi connectivity index (χ4n) is 2.44. The summed E-state index contributed by atoms with van der Waals surface area (Å²) in [6, 6.07) is 1.38. The van der Waals surface area contributed by atoms with Crippen molar-refractivity contribution in [1.29, 1.82) is 0 Å². The van der Waals surface area contributed by atoms with Gasteiger partial charge in [-0.15, -0.1) is 0 Å². The van der Waals surface area contributed by atoms with Gasteiger partial charge in [0.05, 0.1) is 0 Å². The number of hydrogen-bond donors (Lipinski definition) is 0. The van der Waals surface area contributed by atoms with E-state index in [-0.39, 0.29) is 9.76 Å². The molecule has 0 aliphatic heterocycles. The zero-order valence-electron chi connectivity index (χ0n) is 13.0. The normalized spacial score (nSPS) is 11.7. The van der Waals surface area contributed by atoms with Crippen LogP contribution in [-0.4, -0.2) is 16.9 Å². The second-order valence-electron chi connectivity index (χ2n) is 5.59. The Kier molecular flexibility index (Phi) is 17.3. The second-order valence-corrected chi connectivity index (χ2v) is 7.28. The average molecular weight is 273 g/mol. The lowest BCUT2D eigenvalue weighted by molar-refractivity contribution is 0.438. The van der Waals surface area contributed by atoms with Gasteiger partial charge < -0.3 is 4.43 Å². The molecule has 0 aromatic rings. The van der Waals surface area contributed by atoms with Crippen molar-refractivity contribution in [2.45, 2.75) is 96.4 Å². The first kappa shape index (κ1) is 18.2. The zero-order valence-corrected chi connectivity index (χ0v) is 14.4. The Morgan fingerprint density at radius 1 is 0.611 bits per heavy atom. The molecule has 0 saturated heterocycles. The Hall–Kier alpha value is 0.177. The van der Waals surface area contributed by atoms with Crippen LogP contribution in [0.25, 0.3) is 0 Å². The number of hydrogen-bond acceptors (Lipinski definition) is 1. The Balaban J connectivity index is 2.86. The summed E-state index contributed by atoms with van der Waals surface area (Å²) in [6.07, 6.45) is 18.9. The SMILES string of the molecule is CCCCCCCCCCCCCCC[SiH2]OC. The van der Waals surface area contributed by atoms with Crippen LogP contribution < -0.4 is 0 Å². The van der Waals surface area contributed by atoms with Crippen LogP contribution in [0.1, 0.15) is 90.4 Å². The maximum absolute atomic E-state index is 5.19. The van der Waals surface area contributed by atoms with E-state index >= 15 is 0 Å². The van der Waals surface area contributed by atoms with Gasteiger partial charge in [0.2, 0.25) is 0 Å². The summed E-state index contributed by atoms with van der Waals surface area (Å²) < 4.78 is 5.19. The third kappa shape index (κ3) is 16.2. The topological polar surface area (TPSA) is 9.23 Å². The molecular formula is C16H36OSi. The Labute approximate surface area is 118 Å². The van der Waals surface area contributed by atoms with E-state index in [2.05, 4.69) is 6.92 Å². The van der Waals surface area contributed by atoms with Gasteiger partial charge in [-0.3, -0.25) is 0 Å². The molecule has 0 atom stereocenters. The summed E-state index contributed by atoms with van der Waals surface area (Å²) >= 11 is 0. The van der Waals surface area contributed by atoms with Crippen LogP contribution >= 0.6 is 0 Å². The molecule has 18 heavy (non-hydrogen) atoms. The highest BCUT2D eigenvalue weighted by atomic mass is 28.2. The molecule has 0 aromatic heterocycles. The smallest absolute Gasteiger partial charge is 0.161 e. The molecule has 0 aliphatic carbocycles. The first-order valence-electron chi connectivity index (χ1n) is 8.40. The van der Waals surface area contributed by atoms with Crippen molar-refractivity contribution in [2.75, 3.05) is 7.11 Å². The van der Waals surface area contributed by atoms with Gasteiger partial charge in [-0.2, -0.15) is 0 Å². The van der Waals surface area contributed by atoms with Crippen LogP contribution in [0.15, 0.2) is 0 Å². The van der Waals surface area contributed by atoms with Crippen LogP contribution in [0, 0.1) is 0 Å². The molecule has 0 aliphatic rings. The lowest BCUT2D eigenvalue weighted by Gasteiger charge is -2.02. The van der Waals surface area contributed by atoms with Crippen molar-refractivity contribution in [2.24, 2.45) is 0 Å². The third-order valence-electron chi connectivity index (χ3n) is 3.70. The summed E-state index contributed by atoms with van der Waals surface area (Å²) in [5.74, 6) is 0. The van der Waals surface area contributed by atoms with Gasteiger partial charge in [0.25, 0.3) is 0 Å². The predicted octanol–water partition coefficient (Wildman–Crippen LogP) is 5.23. The van der Waals surface area contributed by atoms with Crippen LogP contribution in [0.2, 0.25) is 6.04 Å². The minimum Gasteiger partial charge on any atom is -0.427 e. The van der Waals surface area contributed by atoms with Crippen molar-refractivity contribution in [3.05, 3.63) is 0 Å². The third-order valence-corrected chi connectivity index (χ3v) is 4.90. The van der Waals surface area contributed by atoms with Crippen LogP contribution in [0.4, 0.5) is 0 Å². The molecule has 0 bridgehead atoms. The van der Waals surface area contributed by atoms with Crippen LogP contribution in [-0.2, 0) is 4.43 Å². The number of rotatable bonds is 15. The highest BCUT2D eigenvalue weighted by Gasteiger charge is 1.93. The molecule has 0 fully saturated rings. The lowest BCUT2D eigenvalue weighted by atomic mass is 10.1. The molecule has 2 heteroatoms. The monoisotopic (exact) mass is 272 g/mol. The van der Waals surface area contributed by atoms with E-state index in [1.807, 2.05) is 7.11 Å². The summed E-state index contributed by atoms with van der Waals surface area (Å²) in [5.41, 5.74) is 0. The molecule has 0 unspecified atom stereocenters. The van der Waals surface area contributed by atoms with Crippen molar-refractivity contribution >= 4 is 9.76 Å². The first-order chi connectivity index (χ1) is 8.91. The van der Waals surface area contributed by atoms with E-state index < -0.39 is 0 Å². The fraction of sp³-hybridized carbons (Fsp3) is 1.00. The Bertz CT molecular complexity index is 123. The molecule has 1 nitrogen and oxygen atoms in total. The first-order valence-corrected chi connectivity index (χ1v) is 9.98. The van der Waals surface area contributed by atoms with Crippen LogP contribution in [0.5, 0.6) is 0 Å². The van der Waals surface area contributed by atoms with Crippen molar-refractivity contribution < 1.29 is 4.43 Å². The largest absolute Gasteiger partial charge is 0.427 e. The van der Waals surface area contributed by atoms with E-state index in [1.165, 1.54) is 89.5 Å². The van der Waals surface area contributed by atoms with E-state index in [4.69, 9.17) is 4.43 Å². The molecule has 0 saturated carbocycles. The molecule has 0 aromatic carbocycles. The predicted molar refractivity (Wildman–Crippen MR) is 86.1 cm³/mol. The zero-order chi connectivity index (χ0) is 13.3. The second kappa shape index (κ2) is 17.2. The molecule has 0 amide bonds. The minimum absolute atomic E-state index is 0.138. The van der Waals surface area contributed by atoms with Gasteiger partial charge in [0.1, 0.15) is 0 Å². The van der Waals surface area contributed by atoms with E-state index in [0.29, 0.717) is 0 Å². The van der Waals surface area contributed by atoms with Crippen molar-refractivity contribution in [3.8, 4) is 0 Å². The van der Waals surface area contributed by atoms with Crippen molar-refractivity contribution in [3.63, 3.8) is 0 Å². The Morgan fingerprint density at radius 2 is 1.00 bits per heavy atom. The average Bonchev–Trinajstić information content (AvgIpc) is 2.39. The van der Waals surface area contributed by atoms with E-state index in [0.717, 1.165) is 0 Å². The maximum atomic E-state index is 5.19. The molecule has 0 spiro atoms. The maximum Gasteiger partial charge on any atom is 0.161 e. The van der Waals surface area contributed by atoms with Crippen molar-refractivity contribution in [1.82, 2.24) is 0 Å². The highest BCUT2D eigenvalue weighted by Crippen LogP contribution is 2.12.